The molecule has 0 saturated carbocycles. The van der Waals surface area contributed by atoms with Gasteiger partial charge in [-0.3, -0.25) is 4.31 Å². The monoisotopic (exact) mass is 484 g/mol. The fourth-order valence-corrected chi connectivity index (χ4v) is 5.58. The summed E-state index contributed by atoms with van der Waals surface area (Å²) in [5.41, 5.74) is 4.63. The third kappa shape index (κ3) is 6.00. The summed E-state index contributed by atoms with van der Waals surface area (Å²) in [6.45, 7) is 12.6. The summed E-state index contributed by atoms with van der Waals surface area (Å²) in [6.07, 6.45) is 3.26. The van der Waals surface area contributed by atoms with Gasteiger partial charge in [0.05, 0.1) is 21.8 Å². The third-order valence-electron chi connectivity index (χ3n) is 5.86. The summed E-state index contributed by atoms with van der Waals surface area (Å²) in [4.78, 5) is 0.243. The van der Waals surface area contributed by atoms with E-state index in [0.717, 1.165) is 47.5 Å². The first-order chi connectivity index (χ1) is 16.1. The van der Waals surface area contributed by atoms with Crippen molar-refractivity contribution < 1.29 is 17.7 Å². The Kier molecular flexibility index (Phi) is 8.42. The molecule has 0 radical (unpaired) electrons. The van der Waals surface area contributed by atoms with Crippen LogP contribution in [0.5, 0.6) is 5.75 Å². The van der Waals surface area contributed by atoms with E-state index < -0.39 is 10.0 Å². The van der Waals surface area contributed by atoms with Gasteiger partial charge < -0.3 is 9.26 Å². The van der Waals surface area contributed by atoms with Crippen molar-refractivity contribution in [3.05, 3.63) is 70.6 Å². The van der Waals surface area contributed by atoms with Crippen LogP contribution in [0.15, 0.2) is 51.9 Å². The average Bonchev–Trinajstić information content (AvgIpc) is 3.12. The molecule has 0 aliphatic rings. The maximum Gasteiger partial charge on any atom is 0.264 e. The molecule has 0 bridgehead atoms. The van der Waals surface area contributed by atoms with Crippen LogP contribution < -0.4 is 9.04 Å². The molecule has 1 heterocycles. The molecular formula is C27H36N2O4S. The molecule has 184 valence electrons. The SMILES string of the molecule is CCCCc1ccc(N(CC(C)C)S(=O)(=O)c2ccc(OCc3c(C)noc3C)cc2)c(C)c1. The molecule has 7 heteroatoms. The molecule has 3 aromatic rings. The standard InChI is InChI=1S/C27H36N2O4S/c1-7-8-9-23-10-15-27(20(4)16-23)29(17-19(2)3)34(30,31)25-13-11-24(12-14-25)32-18-26-21(5)28-33-22(26)6/h10-16,19H,7-9,17-18H2,1-6H3. The molecule has 0 spiro atoms. The van der Waals surface area contributed by atoms with E-state index in [1.165, 1.54) is 9.87 Å². The molecule has 2 aromatic carbocycles. The van der Waals surface area contributed by atoms with Gasteiger partial charge in [0.1, 0.15) is 18.1 Å². The van der Waals surface area contributed by atoms with Gasteiger partial charge in [0.15, 0.2) is 0 Å². The van der Waals surface area contributed by atoms with Crippen LogP contribution in [0.2, 0.25) is 0 Å². The van der Waals surface area contributed by atoms with Crippen molar-refractivity contribution in [1.82, 2.24) is 5.16 Å². The minimum atomic E-state index is -3.74. The molecule has 34 heavy (non-hydrogen) atoms. The van der Waals surface area contributed by atoms with Crippen molar-refractivity contribution >= 4 is 15.7 Å². The summed E-state index contributed by atoms with van der Waals surface area (Å²) in [5, 5.41) is 3.93. The first-order valence-electron chi connectivity index (χ1n) is 11.9. The minimum absolute atomic E-state index is 0.173. The van der Waals surface area contributed by atoms with Crippen LogP contribution in [-0.4, -0.2) is 20.1 Å². The summed E-state index contributed by atoms with van der Waals surface area (Å²) in [5.74, 6) is 1.48. The van der Waals surface area contributed by atoms with Gasteiger partial charge in [-0.2, -0.15) is 0 Å². The summed E-state index contributed by atoms with van der Waals surface area (Å²) in [6, 6.07) is 12.7. The van der Waals surface area contributed by atoms with Gasteiger partial charge in [0, 0.05) is 6.54 Å². The number of ether oxygens (including phenoxy) is 1. The number of aromatic nitrogens is 1. The lowest BCUT2D eigenvalue weighted by atomic mass is 10.0. The van der Waals surface area contributed by atoms with Crippen LogP contribution in [0.25, 0.3) is 0 Å². The molecule has 0 N–H and O–H groups in total. The van der Waals surface area contributed by atoms with E-state index in [1.807, 2.05) is 46.8 Å². The number of hydrogen-bond acceptors (Lipinski definition) is 5. The van der Waals surface area contributed by atoms with E-state index in [2.05, 4.69) is 18.1 Å². The predicted molar refractivity (Wildman–Crippen MR) is 136 cm³/mol. The van der Waals surface area contributed by atoms with E-state index in [1.54, 1.807) is 24.3 Å². The summed E-state index contributed by atoms with van der Waals surface area (Å²) >= 11 is 0. The molecule has 0 atom stereocenters. The maximum atomic E-state index is 13.7. The normalized spacial score (nSPS) is 11.7. The summed E-state index contributed by atoms with van der Waals surface area (Å²) < 4.78 is 39.9. The van der Waals surface area contributed by atoms with Crippen molar-refractivity contribution in [2.45, 2.75) is 72.3 Å². The Morgan fingerprint density at radius 1 is 1.06 bits per heavy atom. The number of aryl methyl sites for hydroxylation is 4. The van der Waals surface area contributed by atoms with E-state index in [-0.39, 0.29) is 10.8 Å². The van der Waals surface area contributed by atoms with Gasteiger partial charge in [-0.1, -0.05) is 44.5 Å². The van der Waals surface area contributed by atoms with Crippen LogP contribution in [0, 0.1) is 26.7 Å². The largest absolute Gasteiger partial charge is 0.489 e. The number of nitrogens with zero attached hydrogens (tertiary/aromatic N) is 2. The van der Waals surface area contributed by atoms with Crippen LogP contribution in [0.1, 0.15) is 61.8 Å². The Bertz CT molecular complexity index is 1180. The maximum absolute atomic E-state index is 13.7. The van der Waals surface area contributed by atoms with Crippen LogP contribution in [0.4, 0.5) is 5.69 Å². The highest BCUT2D eigenvalue weighted by atomic mass is 32.2. The molecule has 0 unspecified atom stereocenters. The van der Waals surface area contributed by atoms with E-state index in [9.17, 15) is 8.42 Å². The molecule has 6 nitrogen and oxygen atoms in total. The number of sulfonamides is 1. The quantitative estimate of drug-likeness (QED) is 0.316. The fourth-order valence-electron chi connectivity index (χ4n) is 3.89. The number of anilines is 1. The van der Waals surface area contributed by atoms with E-state index in [0.29, 0.717) is 18.9 Å². The van der Waals surface area contributed by atoms with Crippen LogP contribution in [-0.2, 0) is 23.1 Å². The van der Waals surface area contributed by atoms with Gasteiger partial charge in [-0.05, 0) is 81.0 Å². The Balaban J connectivity index is 1.84. The zero-order valence-corrected chi connectivity index (χ0v) is 21.9. The molecule has 0 amide bonds. The first kappa shape index (κ1) is 25.8. The Labute approximate surface area is 204 Å². The van der Waals surface area contributed by atoms with Crippen molar-refractivity contribution in [3.63, 3.8) is 0 Å². The molecule has 0 aliphatic heterocycles. The second kappa shape index (κ2) is 11.1. The van der Waals surface area contributed by atoms with Crippen LogP contribution >= 0.6 is 0 Å². The van der Waals surface area contributed by atoms with Crippen LogP contribution in [0.3, 0.4) is 0 Å². The second-order valence-electron chi connectivity index (χ2n) is 9.22. The third-order valence-corrected chi connectivity index (χ3v) is 7.65. The highest BCUT2D eigenvalue weighted by molar-refractivity contribution is 7.92. The lowest BCUT2D eigenvalue weighted by molar-refractivity contribution is 0.301. The number of hydrogen-bond donors (Lipinski definition) is 0. The smallest absolute Gasteiger partial charge is 0.264 e. The van der Waals surface area contributed by atoms with Gasteiger partial charge in [-0.25, -0.2) is 8.42 Å². The van der Waals surface area contributed by atoms with Crippen molar-refractivity contribution in [2.75, 3.05) is 10.8 Å². The second-order valence-corrected chi connectivity index (χ2v) is 11.1. The Morgan fingerprint density at radius 3 is 2.32 bits per heavy atom. The topological polar surface area (TPSA) is 72.6 Å². The predicted octanol–water partition coefficient (Wildman–Crippen LogP) is 6.37. The first-order valence-corrected chi connectivity index (χ1v) is 13.3. The minimum Gasteiger partial charge on any atom is -0.489 e. The summed E-state index contributed by atoms with van der Waals surface area (Å²) in [7, 11) is -3.74. The van der Waals surface area contributed by atoms with Crippen molar-refractivity contribution in [3.8, 4) is 5.75 Å². The van der Waals surface area contributed by atoms with Gasteiger partial charge in [0.25, 0.3) is 10.0 Å². The van der Waals surface area contributed by atoms with Crippen molar-refractivity contribution in [1.29, 1.82) is 0 Å². The number of rotatable bonds is 11. The Morgan fingerprint density at radius 2 is 1.76 bits per heavy atom. The lowest BCUT2D eigenvalue weighted by Crippen LogP contribution is -2.34. The lowest BCUT2D eigenvalue weighted by Gasteiger charge is -2.28. The molecule has 1 aromatic heterocycles. The van der Waals surface area contributed by atoms with Gasteiger partial charge in [-0.15, -0.1) is 0 Å². The molecule has 0 saturated heterocycles. The number of unbranched alkanes of at least 4 members (excludes halogenated alkanes) is 1. The molecular weight excluding hydrogens is 448 g/mol. The average molecular weight is 485 g/mol. The highest BCUT2D eigenvalue weighted by Gasteiger charge is 2.27. The van der Waals surface area contributed by atoms with E-state index >= 15 is 0 Å². The number of benzene rings is 2. The van der Waals surface area contributed by atoms with Gasteiger partial charge >= 0.3 is 0 Å². The fraction of sp³-hybridized carbons (Fsp3) is 0.444. The zero-order chi connectivity index (χ0) is 24.9. The highest BCUT2D eigenvalue weighted by Crippen LogP contribution is 2.30. The molecule has 0 aliphatic carbocycles. The van der Waals surface area contributed by atoms with E-state index in [4.69, 9.17) is 9.26 Å². The Hall–Kier alpha value is -2.80. The van der Waals surface area contributed by atoms with Crippen molar-refractivity contribution in [2.24, 2.45) is 5.92 Å². The molecule has 3 rings (SSSR count). The zero-order valence-electron chi connectivity index (χ0n) is 21.1. The van der Waals surface area contributed by atoms with Gasteiger partial charge in [0.2, 0.25) is 0 Å². The molecule has 0 fully saturated rings.